The first-order valence-electron chi connectivity index (χ1n) is 10.9. The second-order valence-electron chi connectivity index (χ2n) is 7.85. The van der Waals surface area contributed by atoms with E-state index >= 15 is 0 Å². The molecule has 1 N–H and O–H groups in total. The molecule has 3 heterocycles. The number of methoxy groups -OCH3 is 1. The summed E-state index contributed by atoms with van der Waals surface area (Å²) in [7, 11) is 1.46. The minimum atomic E-state index is -0.753. The van der Waals surface area contributed by atoms with Gasteiger partial charge in [-0.15, -0.1) is 0 Å². The molecule has 5 rings (SSSR count). The minimum Gasteiger partial charge on any atom is -0.504 e. The van der Waals surface area contributed by atoms with Gasteiger partial charge in [0, 0.05) is 0 Å². The molecule has 0 saturated heterocycles. The van der Waals surface area contributed by atoms with Gasteiger partial charge in [-0.3, -0.25) is 9.36 Å². The molecule has 1 aromatic heterocycles. The largest absolute Gasteiger partial charge is 0.504 e. The molecule has 10 heteroatoms. The topological polar surface area (TPSA) is 109 Å². The van der Waals surface area contributed by atoms with Gasteiger partial charge in [0.2, 0.25) is 6.79 Å². The third kappa shape index (κ3) is 3.95. The van der Waals surface area contributed by atoms with Crippen LogP contribution in [-0.4, -0.2) is 36.2 Å². The fourth-order valence-electron chi connectivity index (χ4n) is 4.13. The van der Waals surface area contributed by atoms with Crippen molar-refractivity contribution in [3.63, 3.8) is 0 Å². The van der Waals surface area contributed by atoms with Crippen LogP contribution in [0, 0.1) is 0 Å². The van der Waals surface area contributed by atoms with Crippen LogP contribution in [0.1, 0.15) is 31.0 Å². The number of hydrogen-bond donors (Lipinski definition) is 1. The number of nitrogens with zero attached hydrogens (tertiary/aromatic N) is 2. The molecule has 2 aliphatic rings. The normalized spacial score (nSPS) is 16.7. The van der Waals surface area contributed by atoms with Crippen LogP contribution in [0.15, 0.2) is 57.5 Å². The van der Waals surface area contributed by atoms with Gasteiger partial charge in [0.15, 0.2) is 27.8 Å². The molecule has 1 unspecified atom stereocenters. The molecule has 2 aliphatic heterocycles. The summed E-state index contributed by atoms with van der Waals surface area (Å²) in [4.78, 5) is 31.7. The Kier molecular flexibility index (Phi) is 5.81. The number of rotatable bonds is 5. The van der Waals surface area contributed by atoms with E-state index in [4.69, 9.17) is 18.9 Å². The number of esters is 1. The molecule has 1 atom stereocenters. The van der Waals surface area contributed by atoms with Crippen molar-refractivity contribution >= 4 is 23.4 Å². The molecule has 35 heavy (non-hydrogen) atoms. The SMILES string of the molecule is CCOC(=O)C1=C(C)N=c2s/c(=C\c3ccc(O)c(OC)c3)c(=O)n2C1c1ccc2c(c1)OCO2. The molecule has 0 amide bonds. The Morgan fingerprint density at radius 2 is 2.06 bits per heavy atom. The first kappa shape index (κ1) is 22.7. The van der Waals surface area contributed by atoms with Crippen molar-refractivity contribution < 1.29 is 28.8 Å². The van der Waals surface area contributed by atoms with Gasteiger partial charge in [0.25, 0.3) is 5.56 Å². The number of allylic oxidation sites excluding steroid dienone is 1. The first-order chi connectivity index (χ1) is 16.9. The van der Waals surface area contributed by atoms with Gasteiger partial charge in [-0.1, -0.05) is 23.5 Å². The quantitative estimate of drug-likeness (QED) is 0.542. The molecule has 0 spiro atoms. The van der Waals surface area contributed by atoms with Crippen molar-refractivity contribution in [3.05, 3.63) is 78.5 Å². The number of hydrogen-bond acceptors (Lipinski definition) is 9. The summed E-state index contributed by atoms with van der Waals surface area (Å²) in [6.07, 6.45) is 1.70. The Balaban J connectivity index is 1.71. The second kappa shape index (κ2) is 8.95. The summed E-state index contributed by atoms with van der Waals surface area (Å²) in [5.41, 5.74) is 1.80. The summed E-state index contributed by atoms with van der Waals surface area (Å²) in [5.74, 6) is 0.905. The van der Waals surface area contributed by atoms with Crippen molar-refractivity contribution in [2.75, 3.05) is 20.5 Å². The average Bonchev–Trinajstić information content (AvgIpc) is 3.43. The Morgan fingerprint density at radius 3 is 2.83 bits per heavy atom. The summed E-state index contributed by atoms with van der Waals surface area (Å²) >= 11 is 1.21. The minimum absolute atomic E-state index is 0.00335. The standard InChI is InChI=1S/C25H22N2O7S/c1-4-32-24(30)21-13(2)26-25-27(22(21)15-6-8-17-19(11-15)34-12-33-17)23(29)20(35-25)10-14-5-7-16(28)18(9-14)31-3/h5-11,22,28H,4,12H2,1-3H3/b20-10-. The maximum absolute atomic E-state index is 13.7. The highest BCUT2D eigenvalue weighted by Gasteiger charge is 2.34. The summed E-state index contributed by atoms with van der Waals surface area (Å²) in [6.45, 7) is 3.76. The van der Waals surface area contributed by atoms with Gasteiger partial charge in [0.1, 0.15) is 0 Å². The van der Waals surface area contributed by atoms with E-state index in [9.17, 15) is 14.7 Å². The Hall–Kier alpha value is -4.05. The van der Waals surface area contributed by atoms with Crippen LogP contribution >= 0.6 is 11.3 Å². The molecule has 2 aromatic carbocycles. The van der Waals surface area contributed by atoms with E-state index in [1.165, 1.54) is 29.1 Å². The number of thiazole rings is 1. The zero-order chi connectivity index (χ0) is 24.7. The molecule has 0 aliphatic carbocycles. The smallest absolute Gasteiger partial charge is 0.338 e. The van der Waals surface area contributed by atoms with Crippen LogP contribution in [0.2, 0.25) is 0 Å². The van der Waals surface area contributed by atoms with E-state index in [0.29, 0.717) is 43.4 Å². The Labute approximate surface area is 203 Å². The van der Waals surface area contributed by atoms with Crippen LogP contribution in [0.5, 0.6) is 23.0 Å². The van der Waals surface area contributed by atoms with Crippen molar-refractivity contribution in [1.82, 2.24) is 4.57 Å². The number of phenolic OH excluding ortho intramolecular Hbond substituents is 1. The maximum atomic E-state index is 13.7. The zero-order valence-electron chi connectivity index (χ0n) is 19.2. The number of ether oxygens (including phenoxy) is 4. The number of fused-ring (bicyclic) bond motifs is 2. The van der Waals surface area contributed by atoms with Crippen LogP contribution in [0.3, 0.4) is 0 Å². The molecular formula is C25H22N2O7S. The lowest BCUT2D eigenvalue weighted by Gasteiger charge is -2.24. The fourth-order valence-corrected chi connectivity index (χ4v) is 5.17. The van der Waals surface area contributed by atoms with Crippen LogP contribution in [-0.2, 0) is 9.53 Å². The van der Waals surface area contributed by atoms with E-state index in [-0.39, 0.29) is 30.3 Å². The highest BCUT2D eigenvalue weighted by molar-refractivity contribution is 7.07. The summed E-state index contributed by atoms with van der Waals surface area (Å²) in [5, 5.41) is 9.88. The van der Waals surface area contributed by atoms with Crippen molar-refractivity contribution in [3.8, 4) is 23.0 Å². The lowest BCUT2D eigenvalue weighted by molar-refractivity contribution is -0.139. The van der Waals surface area contributed by atoms with Crippen LogP contribution in [0.25, 0.3) is 6.08 Å². The Morgan fingerprint density at radius 1 is 1.26 bits per heavy atom. The molecule has 0 saturated carbocycles. The van der Waals surface area contributed by atoms with Crippen molar-refractivity contribution in [1.29, 1.82) is 0 Å². The highest BCUT2D eigenvalue weighted by atomic mass is 32.1. The lowest BCUT2D eigenvalue weighted by Crippen LogP contribution is -2.39. The van der Waals surface area contributed by atoms with Gasteiger partial charge in [-0.05, 0) is 55.3 Å². The number of carbonyl (C=O) groups excluding carboxylic acids is 1. The monoisotopic (exact) mass is 494 g/mol. The van der Waals surface area contributed by atoms with Crippen LogP contribution in [0.4, 0.5) is 0 Å². The predicted molar refractivity (Wildman–Crippen MR) is 128 cm³/mol. The van der Waals surface area contributed by atoms with Crippen molar-refractivity contribution in [2.24, 2.45) is 4.99 Å². The average molecular weight is 495 g/mol. The molecule has 0 radical (unpaired) electrons. The molecule has 180 valence electrons. The number of benzene rings is 2. The zero-order valence-corrected chi connectivity index (χ0v) is 20.0. The predicted octanol–water partition coefficient (Wildman–Crippen LogP) is 2.24. The number of aromatic nitrogens is 1. The third-order valence-electron chi connectivity index (χ3n) is 5.73. The van der Waals surface area contributed by atoms with Crippen LogP contribution < -0.4 is 29.1 Å². The molecule has 0 bridgehead atoms. The van der Waals surface area contributed by atoms with E-state index < -0.39 is 12.0 Å². The van der Waals surface area contributed by atoms with E-state index in [2.05, 4.69) is 4.99 Å². The number of carbonyl (C=O) groups is 1. The lowest BCUT2D eigenvalue weighted by atomic mass is 9.95. The van der Waals surface area contributed by atoms with E-state index in [1.807, 2.05) is 0 Å². The molecule has 3 aromatic rings. The van der Waals surface area contributed by atoms with Gasteiger partial charge >= 0.3 is 5.97 Å². The van der Waals surface area contributed by atoms with Crippen molar-refractivity contribution in [2.45, 2.75) is 19.9 Å². The molecule has 0 fully saturated rings. The Bertz CT molecular complexity index is 1550. The third-order valence-corrected chi connectivity index (χ3v) is 6.71. The molecular weight excluding hydrogens is 472 g/mol. The maximum Gasteiger partial charge on any atom is 0.338 e. The highest BCUT2D eigenvalue weighted by Crippen LogP contribution is 2.38. The fraction of sp³-hybridized carbons (Fsp3) is 0.240. The summed E-state index contributed by atoms with van der Waals surface area (Å²) < 4.78 is 23.4. The van der Waals surface area contributed by atoms with Gasteiger partial charge < -0.3 is 24.1 Å². The van der Waals surface area contributed by atoms with E-state index in [1.54, 1.807) is 50.3 Å². The first-order valence-corrected chi connectivity index (χ1v) is 11.7. The van der Waals surface area contributed by atoms with Gasteiger partial charge in [-0.25, -0.2) is 9.79 Å². The number of aromatic hydroxyl groups is 1. The second-order valence-corrected chi connectivity index (χ2v) is 8.86. The van der Waals surface area contributed by atoms with E-state index in [0.717, 1.165) is 0 Å². The van der Waals surface area contributed by atoms with Gasteiger partial charge in [-0.2, -0.15) is 0 Å². The molecule has 9 nitrogen and oxygen atoms in total. The number of phenols is 1. The van der Waals surface area contributed by atoms with Gasteiger partial charge in [0.05, 0.1) is 35.6 Å². The summed E-state index contributed by atoms with van der Waals surface area (Å²) in [6, 6.07) is 9.40.